The minimum absolute atomic E-state index is 0.0667. The summed E-state index contributed by atoms with van der Waals surface area (Å²) in [5.41, 5.74) is -0.480. The molecule has 1 saturated heterocycles. The Morgan fingerprint density at radius 3 is 2.45 bits per heavy atom. The molecule has 1 amide bonds. The monoisotopic (exact) mass is 283 g/mol. The molecule has 4 nitrogen and oxygen atoms in total. The molecule has 2 rings (SSSR count). The van der Waals surface area contributed by atoms with E-state index in [4.69, 9.17) is 4.74 Å². The van der Waals surface area contributed by atoms with E-state index in [0.29, 0.717) is 18.4 Å². The molecule has 0 aromatic carbocycles. The predicted octanol–water partition coefficient (Wildman–Crippen LogP) is 3.18. The number of nitrogens with zero attached hydrogens (tertiary/aromatic N) is 1. The number of amides is 1. The Kier molecular flexibility index (Phi) is 4.62. The molecule has 2 fully saturated rings. The van der Waals surface area contributed by atoms with Crippen molar-refractivity contribution in [1.29, 1.82) is 0 Å². The van der Waals surface area contributed by atoms with Gasteiger partial charge in [0.15, 0.2) is 0 Å². The first kappa shape index (κ1) is 15.6. The number of hydrogen-bond donors (Lipinski definition) is 1. The van der Waals surface area contributed by atoms with Crippen molar-refractivity contribution in [3.8, 4) is 0 Å². The second kappa shape index (κ2) is 5.92. The van der Waals surface area contributed by atoms with E-state index < -0.39 is 11.7 Å². The van der Waals surface area contributed by atoms with Gasteiger partial charge < -0.3 is 14.7 Å². The zero-order valence-electron chi connectivity index (χ0n) is 13.3. The molecule has 0 aromatic heterocycles. The summed E-state index contributed by atoms with van der Waals surface area (Å²) in [7, 11) is 0. The van der Waals surface area contributed by atoms with Crippen molar-refractivity contribution in [1.82, 2.24) is 4.90 Å². The van der Waals surface area contributed by atoms with E-state index in [1.165, 1.54) is 12.8 Å². The van der Waals surface area contributed by atoms with Crippen LogP contribution in [0, 0.1) is 11.8 Å². The molecule has 3 atom stereocenters. The van der Waals surface area contributed by atoms with Crippen molar-refractivity contribution >= 4 is 6.09 Å². The van der Waals surface area contributed by atoms with Crippen LogP contribution in [0.4, 0.5) is 4.79 Å². The number of carbonyl (C=O) groups excluding carboxylic acids is 1. The van der Waals surface area contributed by atoms with E-state index in [0.717, 1.165) is 19.3 Å². The van der Waals surface area contributed by atoms with Gasteiger partial charge in [-0.3, -0.25) is 0 Å². The van der Waals surface area contributed by atoms with Gasteiger partial charge in [0, 0.05) is 6.54 Å². The molecule has 20 heavy (non-hydrogen) atoms. The summed E-state index contributed by atoms with van der Waals surface area (Å²) >= 11 is 0. The third-order valence-corrected chi connectivity index (χ3v) is 4.46. The summed E-state index contributed by atoms with van der Waals surface area (Å²) in [6, 6.07) is -0.0667. The molecule has 1 N–H and O–H groups in total. The maximum Gasteiger partial charge on any atom is 0.410 e. The fraction of sp³-hybridized carbons (Fsp3) is 0.938. The number of carbonyl (C=O) groups is 1. The molecule has 1 saturated carbocycles. The standard InChI is InChI=1S/C16H29NO3/c1-11-9-13(14(18)12-7-5-6-8-12)17(10-11)15(19)20-16(2,3)4/h11-14,18H,5-10H2,1-4H3/t11?,13-,14?/m0/s1. The normalized spacial score (nSPS) is 29.8. The number of rotatable bonds is 2. The molecule has 1 aliphatic carbocycles. The molecule has 0 radical (unpaired) electrons. The molecule has 0 spiro atoms. The molecule has 116 valence electrons. The van der Waals surface area contributed by atoms with Gasteiger partial charge in [-0.15, -0.1) is 0 Å². The number of likely N-dealkylation sites (tertiary alicyclic amines) is 1. The predicted molar refractivity (Wildman–Crippen MR) is 78.5 cm³/mol. The van der Waals surface area contributed by atoms with Crippen molar-refractivity contribution < 1.29 is 14.6 Å². The Labute approximate surface area is 122 Å². The average molecular weight is 283 g/mol. The van der Waals surface area contributed by atoms with E-state index >= 15 is 0 Å². The van der Waals surface area contributed by atoms with Crippen LogP contribution in [0.15, 0.2) is 0 Å². The van der Waals surface area contributed by atoms with Gasteiger partial charge in [-0.1, -0.05) is 19.8 Å². The van der Waals surface area contributed by atoms with Crippen LogP contribution in [0.1, 0.15) is 59.8 Å². The molecule has 1 aliphatic heterocycles. The van der Waals surface area contributed by atoms with Gasteiger partial charge >= 0.3 is 6.09 Å². The largest absolute Gasteiger partial charge is 0.444 e. The van der Waals surface area contributed by atoms with Crippen LogP contribution in [0.5, 0.6) is 0 Å². The Morgan fingerprint density at radius 2 is 1.90 bits per heavy atom. The molecule has 2 unspecified atom stereocenters. The van der Waals surface area contributed by atoms with Crippen LogP contribution < -0.4 is 0 Å². The van der Waals surface area contributed by atoms with E-state index in [1.54, 1.807) is 4.90 Å². The fourth-order valence-electron chi connectivity index (χ4n) is 3.55. The molecule has 1 heterocycles. The van der Waals surface area contributed by atoms with Crippen LogP contribution in [-0.4, -0.2) is 40.4 Å². The number of ether oxygens (including phenoxy) is 1. The van der Waals surface area contributed by atoms with Crippen molar-refractivity contribution in [2.24, 2.45) is 11.8 Å². The van der Waals surface area contributed by atoms with Crippen molar-refractivity contribution in [3.63, 3.8) is 0 Å². The molecule has 2 aliphatic rings. The van der Waals surface area contributed by atoms with Gasteiger partial charge in [-0.2, -0.15) is 0 Å². The highest BCUT2D eigenvalue weighted by molar-refractivity contribution is 5.69. The Balaban J connectivity index is 2.03. The lowest BCUT2D eigenvalue weighted by molar-refractivity contribution is -0.00690. The fourth-order valence-corrected chi connectivity index (χ4v) is 3.55. The first-order chi connectivity index (χ1) is 9.28. The molecule has 4 heteroatoms. The van der Waals surface area contributed by atoms with Crippen LogP contribution in [-0.2, 0) is 4.74 Å². The highest BCUT2D eigenvalue weighted by atomic mass is 16.6. The molecule has 0 bridgehead atoms. The van der Waals surface area contributed by atoms with Crippen molar-refractivity contribution in [3.05, 3.63) is 0 Å². The summed E-state index contributed by atoms with van der Waals surface area (Å²) in [4.78, 5) is 14.1. The molecular formula is C16H29NO3. The van der Waals surface area contributed by atoms with Gasteiger partial charge in [0.05, 0.1) is 12.1 Å². The smallest absolute Gasteiger partial charge is 0.410 e. The second-order valence-corrected chi connectivity index (χ2v) is 7.58. The average Bonchev–Trinajstić information content (AvgIpc) is 2.94. The third kappa shape index (κ3) is 3.66. The molecule has 0 aromatic rings. The molecular weight excluding hydrogens is 254 g/mol. The van der Waals surface area contributed by atoms with Crippen molar-refractivity contribution in [2.75, 3.05) is 6.54 Å². The van der Waals surface area contributed by atoms with E-state index in [9.17, 15) is 9.90 Å². The lowest BCUT2D eigenvalue weighted by Gasteiger charge is -2.33. The van der Waals surface area contributed by atoms with Crippen LogP contribution in [0.2, 0.25) is 0 Å². The summed E-state index contributed by atoms with van der Waals surface area (Å²) in [6.45, 7) is 8.48. The summed E-state index contributed by atoms with van der Waals surface area (Å²) in [5.74, 6) is 0.791. The van der Waals surface area contributed by atoms with Gasteiger partial charge in [-0.25, -0.2) is 4.79 Å². The van der Waals surface area contributed by atoms with Gasteiger partial charge in [0.1, 0.15) is 5.60 Å². The number of aliphatic hydroxyl groups excluding tert-OH is 1. The third-order valence-electron chi connectivity index (χ3n) is 4.46. The topological polar surface area (TPSA) is 49.8 Å². The van der Waals surface area contributed by atoms with Gasteiger partial charge in [0.25, 0.3) is 0 Å². The van der Waals surface area contributed by atoms with Gasteiger partial charge in [-0.05, 0) is 51.9 Å². The maximum absolute atomic E-state index is 12.3. The van der Waals surface area contributed by atoms with Gasteiger partial charge in [0.2, 0.25) is 0 Å². The Hall–Kier alpha value is -0.770. The van der Waals surface area contributed by atoms with E-state index in [-0.39, 0.29) is 12.1 Å². The summed E-state index contributed by atoms with van der Waals surface area (Å²) < 4.78 is 5.49. The first-order valence-corrected chi connectivity index (χ1v) is 7.95. The Bertz CT molecular complexity index is 344. The minimum atomic E-state index is -0.480. The second-order valence-electron chi connectivity index (χ2n) is 7.58. The van der Waals surface area contributed by atoms with Crippen LogP contribution >= 0.6 is 0 Å². The Morgan fingerprint density at radius 1 is 1.30 bits per heavy atom. The maximum atomic E-state index is 12.3. The first-order valence-electron chi connectivity index (χ1n) is 7.95. The summed E-state index contributed by atoms with van der Waals surface area (Å²) in [5, 5.41) is 10.6. The van der Waals surface area contributed by atoms with Crippen molar-refractivity contribution in [2.45, 2.75) is 77.5 Å². The lowest BCUT2D eigenvalue weighted by Crippen LogP contribution is -2.47. The zero-order chi connectivity index (χ0) is 14.9. The quantitative estimate of drug-likeness (QED) is 0.846. The minimum Gasteiger partial charge on any atom is -0.444 e. The number of aliphatic hydroxyl groups is 1. The highest BCUT2D eigenvalue weighted by Gasteiger charge is 2.42. The zero-order valence-corrected chi connectivity index (χ0v) is 13.3. The summed E-state index contributed by atoms with van der Waals surface area (Å²) in [6.07, 6.45) is 4.81. The highest BCUT2D eigenvalue weighted by Crippen LogP contribution is 2.35. The van der Waals surface area contributed by atoms with Crippen LogP contribution in [0.3, 0.4) is 0 Å². The van der Waals surface area contributed by atoms with E-state index in [2.05, 4.69) is 6.92 Å². The lowest BCUT2D eigenvalue weighted by atomic mass is 9.92. The number of hydrogen-bond acceptors (Lipinski definition) is 3. The SMILES string of the molecule is CC1C[C@@H](C(O)C2CCCC2)N(C(=O)OC(C)(C)C)C1. The van der Waals surface area contributed by atoms with Crippen LogP contribution in [0.25, 0.3) is 0 Å². The van der Waals surface area contributed by atoms with E-state index in [1.807, 2.05) is 20.8 Å².